The van der Waals surface area contributed by atoms with Gasteiger partial charge in [0, 0.05) is 20.8 Å². The van der Waals surface area contributed by atoms with Crippen molar-refractivity contribution in [3.05, 3.63) is 231 Å². The number of anilines is 3. The summed E-state index contributed by atoms with van der Waals surface area (Å²) in [5.41, 5.74) is 11.6. The molecule has 0 saturated heterocycles. The van der Waals surface area contributed by atoms with Crippen LogP contribution < -0.4 is 25.6 Å². The Morgan fingerprint density at radius 3 is 1.55 bits per heavy atom. The summed E-state index contributed by atoms with van der Waals surface area (Å²) in [4.78, 5) is 5.39. The zero-order valence-electron chi connectivity index (χ0n) is 35.1. The number of furan rings is 1. The van der Waals surface area contributed by atoms with Crippen LogP contribution in [0.25, 0.3) is 21.9 Å². The predicted octanol–water partition coefficient (Wildman–Crippen LogP) is 12.5. The van der Waals surface area contributed by atoms with Crippen LogP contribution in [0, 0.1) is 0 Å². The Morgan fingerprint density at radius 1 is 0.452 bits per heavy atom. The molecule has 3 aromatic heterocycles. The molecule has 6 heteroatoms. The average Bonchev–Trinajstić information content (AvgIpc) is 4.08. The van der Waals surface area contributed by atoms with Crippen LogP contribution >= 0.6 is 22.7 Å². The summed E-state index contributed by atoms with van der Waals surface area (Å²) in [6, 6.07) is 69.3. The molecule has 0 fully saturated rings. The first-order valence-electron chi connectivity index (χ1n) is 21.7. The van der Waals surface area contributed by atoms with E-state index in [4.69, 9.17) is 4.42 Å². The molecule has 1 aliphatic carbocycles. The Hall–Kier alpha value is -6.03. The Labute approximate surface area is 372 Å². The standard InChI is InChI=1S/C56H43NOS2Si2/c1-61(2)47-29-14-9-22-38(47)55(39-23-10-15-30-48(39)61)42-33-34-59-53(42)56(40-24-11-16-31-49(40)62(3,4)50-32-17-12-25-41(50)56)43-35-51(60-54(43)55)57(36-19-6-5-7-20-36)44-26-18-28-46-52(44)37-21-8-13-27-45(37)58-46/h5-35H,1-4H3. The third-order valence-corrected chi connectivity index (χ3v) is 24.2. The molecule has 2 aliphatic heterocycles. The van der Waals surface area contributed by atoms with Crippen molar-refractivity contribution in [1.82, 2.24) is 0 Å². The molecule has 2 spiro atoms. The highest BCUT2D eigenvalue weighted by Gasteiger charge is 2.62. The zero-order chi connectivity index (χ0) is 41.6. The Balaban J connectivity index is 1.24. The highest BCUT2D eigenvalue weighted by Crippen LogP contribution is 2.65. The lowest BCUT2D eigenvalue weighted by Gasteiger charge is -2.54. The number of thiophene rings is 2. The van der Waals surface area contributed by atoms with Gasteiger partial charge in [-0.1, -0.05) is 166 Å². The maximum atomic E-state index is 6.59. The smallest absolute Gasteiger partial charge is 0.137 e. The van der Waals surface area contributed by atoms with Crippen LogP contribution in [-0.4, -0.2) is 16.1 Å². The molecule has 0 N–H and O–H groups in total. The van der Waals surface area contributed by atoms with E-state index in [1.54, 1.807) is 0 Å². The van der Waals surface area contributed by atoms with E-state index in [1.807, 2.05) is 22.7 Å². The molecule has 298 valence electrons. The molecule has 62 heavy (non-hydrogen) atoms. The summed E-state index contributed by atoms with van der Waals surface area (Å²) >= 11 is 3.95. The number of benzene rings is 7. The lowest BCUT2D eigenvalue weighted by molar-refractivity contribution is 0.646. The first-order valence-corrected chi connectivity index (χ1v) is 29.4. The highest BCUT2D eigenvalue weighted by molar-refractivity contribution is 7.17. The first-order chi connectivity index (χ1) is 30.3. The number of hydrogen-bond acceptors (Lipinski definition) is 4. The van der Waals surface area contributed by atoms with Gasteiger partial charge in [-0.2, -0.15) is 0 Å². The summed E-state index contributed by atoms with van der Waals surface area (Å²) in [6.07, 6.45) is 0. The number of para-hydroxylation sites is 2. The molecule has 13 rings (SSSR count). The molecule has 3 aliphatic rings. The van der Waals surface area contributed by atoms with E-state index >= 15 is 0 Å². The van der Waals surface area contributed by atoms with Gasteiger partial charge in [0.25, 0.3) is 0 Å². The summed E-state index contributed by atoms with van der Waals surface area (Å²) < 4.78 is 6.59. The predicted molar refractivity (Wildman–Crippen MR) is 268 cm³/mol. The maximum Gasteiger partial charge on any atom is 0.137 e. The molecule has 0 saturated carbocycles. The van der Waals surface area contributed by atoms with Crippen molar-refractivity contribution in [1.29, 1.82) is 0 Å². The molecule has 0 atom stereocenters. The van der Waals surface area contributed by atoms with Gasteiger partial charge in [0.05, 0.1) is 21.9 Å². The number of rotatable bonds is 3. The number of fused-ring (bicyclic) bond motifs is 17. The topological polar surface area (TPSA) is 16.4 Å². The second kappa shape index (κ2) is 12.8. The minimum absolute atomic E-state index is 0.528. The van der Waals surface area contributed by atoms with Crippen molar-refractivity contribution < 1.29 is 4.42 Å². The normalized spacial score (nSPS) is 16.6. The van der Waals surface area contributed by atoms with E-state index in [-0.39, 0.29) is 0 Å². The molecule has 7 aromatic carbocycles. The van der Waals surface area contributed by atoms with Gasteiger partial charge in [0.1, 0.15) is 32.3 Å². The average molecular weight is 866 g/mol. The van der Waals surface area contributed by atoms with Crippen molar-refractivity contribution in [2.75, 3.05) is 4.90 Å². The Morgan fingerprint density at radius 2 is 0.952 bits per heavy atom. The van der Waals surface area contributed by atoms with E-state index in [2.05, 4.69) is 218 Å². The Bertz CT molecular complexity index is 3220. The molecule has 0 bridgehead atoms. The van der Waals surface area contributed by atoms with Crippen LogP contribution in [0.1, 0.15) is 43.1 Å². The van der Waals surface area contributed by atoms with E-state index in [9.17, 15) is 0 Å². The van der Waals surface area contributed by atoms with E-state index in [0.29, 0.717) is 0 Å². The minimum Gasteiger partial charge on any atom is -0.456 e. The lowest BCUT2D eigenvalue weighted by Crippen LogP contribution is -2.66. The van der Waals surface area contributed by atoms with Gasteiger partial charge in [-0.3, -0.25) is 0 Å². The van der Waals surface area contributed by atoms with Crippen LogP contribution in [0.15, 0.2) is 192 Å². The monoisotopic (exact) mass is 865 g/mol. The van der Waals surface area contributed by atoms with Crippen LogP contribution in [0.4, 0.5) is 16.4 Å². The van der Waals surface area contributed by atoms with Crippen LogP contribution in [0.2, 0.25) is 26.2 Å². The van der Waals surface area contributed by atoms with Gasteiger partial charge in [0.2, 0.25) is 0 Å². The zero-order valence-corrected chi connectivity index (χ0v) is 38.7. The minimum atomic E-state index is -2.12. The SMILES string of the molecule is C[Si]1(C)c2ccccc2C2(c3ccccc31)c1cc(N(c3ccccc3)c3cccc4oc5ccccc5c34)sc1C1(c3ccccc3[Si](C)(C)c3ccccc31)c1ccsc12. The molecule has 0 radical (unpaired) electrons. The molecular weight excluding hydrogens is 823 g/mol. The van der Waals surface area contributed by atoms with Crippen LogP contribution in [0.3, 0.4) is 0 Å². The second-order valence-corrected chi connectivity index (χ2v) is 28.9. The van der Waals surface area contributed by atoms with Crippen molar-refractivity contribution in [3.63, 3.8) is 0 Å². The van der Waals surface area contributed by atoms with Gasteiger partial charge < -0.3 is 9.32 Å². The molecular formula is C56H43NOS2Si2. The molecule has 0 unspecified atom stereocenters. The number of nitrogens with zero attached hydrogens (tertiary/aromatic N) is 1. The van der Waals surface area contributed by atoms with Gasteiger partial charge in [0.15, 0.2) is 0 Å². The summed E-state index contributed by atoms with van der Waals surface area (Å²) in [5.74, 6) is 0. The summed E-state index contributed by atoms with van der Waals surface area (Å²) in [5, 5.41) is 12.0. The second-order valence-electron chi connectivity index (χ2n) is 18.3. The summed E-state index contributed by atoms with van der Waals surface area (Å²) in [6.45, 7) is 10.2. The maximum absolute atomic E-state index is 6.59. The van der Waals surface area contributed by atoms with E-state index < -0.39 is 27.0 Å². The fraction of sp³-hybridized carbons (Fsp3) is 0.107. The lowest BCUT2D eigenvalue weighted by atomic mass is 9.55. The third kappa shape index (κ3) is 4.43. The largest absolute Gasteiger partial charge is 0.456 e. The van der Waals surface area contributed by atoms with Crippen molar-refractivity contribution in [2.24, 2.45) is 0 Å². The van der Waals surface area contributed by atoms with Gasteiger partial charge in [-0.25, -0.2) is 0 Å². The quantitative estimate of drug-likeness (QED) is 0.165. The van der Waals surface area contributed by atoms with Crippen LogP contribution in [-0.2, 0) is 10.8 Å². The molecule has 0 amide bonds. The molecule has 2 nitrogen and oxygen atoms in total. The molecule has 10 aromatic rings. The van der Waals surface area contributed by atoms with Crippen molar-refractivity contribution >= 4 is 97.9 Å². The van der Waals surface area contributed by atoms with E-state index in [1.165, 1.54) is 68.9 Å². The van der Waals surface area contributed by atoms with Crippen molar-refractivity contribution in [3.8, 4) is 0 Å². The number of hydrogen-bond donors (Lipinski definition) is 0. The highest BCUT2D eigenvalue weighted by atomic mass is 32.1. The third-order valence-electron chi connectivity index (χ3n) is 14.7. The fourth-order valence-corrected chi connectivity index (χ4v) is 21.2. The summed E-state index contributed by atoms with van der Waals surface area (Å²) in [7, 11) is -4.25. The van der Waals surface area contributed by atoms with E-state index in [0.717, 1.165) is 33.3 Å². The van der Waals surface area contributed by atoms with Gasteiger partial charge in [-0.05, 0) is 102 Å². The van der Waals surface area contributed by atoms with Crippen molar-refractivity contribution in [2.45, 2.75) is 37.0 Å². The van der Waals surface area contributed by atoms with Gasteiger partial charge in [-0.15, -0.1) is 22.7 Å². The Kier molecular flexibility index (Phi) is 7.54. The first kappa shape index (κ1) is 36.6. The van der Waals surface area contributed by atoms with Crippen LogP contribution in [0.5, 0.6) is 0 Å². The van der Waals surface area contributed by atoms with Gasteiger partial charge >= 0.3 is 0 Å². The molecule has 5 heterocycles. The fourth-order valence-electron chi connectivity index (χ4n) is 12.2.